The molecule has 1 amide bonds. The van der Waals surface area contributed by atoms with E-state index in [2.05, 4.69) is 20.3 Å². The first-order valence-corrected chi connectivity index (χ1v) is 9.63. The molecule has 156 valence electrons. The smallest absolute Gasteiger partial charge is 0.320 e. The van der Waals surface area contributed by atoms with Crippen molar-refractivity contribution in [3.8, 4) is 11.9 Å². The summed E-state index contributed by atoms with van der Waals surface area (Å²) in [6, 6.07) is 17.0. The van der Waals surface area contributed by atoms with Crippen LogP contribution >= 0.6 is 0 Å². The Hall–Kier alpha value is -4.20. The molecule has 0 bridgehead atoms. The Morgan fingerprint density at radius 2 is 1.90 bits per heavy atom. The lowest BCUT2D eigenvalue weighted by Gasteiger charge is -2.20. The molecule has 0 saturated heterocycles. The van der Waals surface area contributed by atoms with Crippen LogP contribution in [0.25, 0.3) is 10.9 Å². The number of carbonyl (C=O) groups excluding carboxylic acids is 1. The topological polar surface area (TPSA) is 100 Å². The third-order valence-electron chi connectivity index (χ3n) is 4.87. The summed E-state index contributed by atoms with van der Waals surface area (Å²) >= 11 is 0. The van der Waals surface area contributed by atoms with E-state index < -0.39 is 0 Å². The van der Waals surface area contributed by atoms with Gasteiger partial charge in [-0.1, -0.05) is 18.2 Å². The SMILES string of the molecule is CNC(=O)c1cccc(N(C)c2ccc(COc3nc(O)c4ccncc4n3)cc2)c1. The highest BCUT2D eigenvalue weighted by Gasteiger charge is 2.10. The van der Waals surface area contributed by atoms with Crippen molar-refractivity contribution in [1.29, 1.82) is 0 Å². The molecule has 0 aliphatic rings. The molecule has 0 saturated carbocycles. The summed E-state index contributed by atoms with van der Waals surface area (Å²) in [5.74, 6) is -0.265. The second-order valence-electron chi connectivity index (χ2n) is 6.87. The van der Waals surface area contributed by atoms with Gasteiger partial charge in [-0.3, -0.25) is 9.78 Å². The summed E-state index contributed by atoms with van der Waals surface area (Å²) in [4.78, 5) is 26.1. The predicted octanol–water partition coefficient (Wildman–Crippen LogP) is 3.44. The Kier molecular flexibility index (Phi) is 5.61. The van der Waals surface area contributed by atoms with Crippen LogP contribution in [0.1, 0.15) is 15.9 Å². The molecule has 2 aromatic carbocycles. The maximum Gasteiger partial charge on any atom is 0.320 e. The number of rotatable bonds is 6. The molecule has 0 aliphatic carbocycles. The van der Waals surface area contributed by atoms with E-state index in [9.17, 15) is 9.90 Å². The van der Waals surface area contributed by atoms with Crippen LogP contribution in [-0.4, -0.2) is 40.1 Å². The van der Waals surface area contributed by atoms with Crippen LogP contribution in [0, 0.1) is 0 Å². The minimum Gasteiger partial charge on any atom is -0.493 e. The third kappa shape index (κ3) is 4.37. The highest BCUT2D eigenvalue weighted by molar-refractivity contribution is 5.95. The molecule has 0 radical (unpaired) electrons. The first-order valence-electron chi connectivity index (χ1n) is 9.63. The van der Waals surface area contributed by atoms with Gasteiger partial charge in [0.2, 0.25) is 5.88 Å². The van der Waals surface area contributed by atoms with Crippen molar-refractivity contribution in [3.05, 3.63) is 78.1 Å². The van der Waals surface area contributed by atoms with Crippen LogP contribution in [0.3, 0.4) is 0 Å². The normalized spacial score (nSPS) is 10.6. The van der Waals surface area contributed by atoms with Crippen molar-refractivity contribution in [2.75, 3.05) is 19.0 Å². The monoisotopic (exact) mass is 415 g/mol. The number of benzene rings is 2. The number of carbonyl (C=O) groups is 1. The van der Waals surface area contributed by atoms with Crippen molar-refractivity contribution < 1.29 is 14.6 Å². The predicted molar refractivity (Wildman–Crippen MR) is 118 cm³/mol. The summed E-state index contributed by atoms with van der Waals surface area (Å²) < 4.78 is 5.65. The second kappa shape index (κ2) is 8.66. The number of pyridine rings is 1. The number of aromatic nitrogens is 3. The van der Waals surface area contributed by atoms with E-state index >= 15 is 0 Å². The Bertz CT molecular complexity index is 1230. The average Bonchev–Trinajstić information content (AvgIpc) is 2.82. The van der Waals surface area contributed by atoms with Gasteiger partial charge in [0.05, 0.1) is 17.1 Å². The Balaban J connectivity index is 1.45. The van der Waals surface area contributed by atoms with Crippen molar-refractivity contribution in [2.24, 2.45) is 0 Å². The molecule has 4 rings (SSSR count). The van der Waals surface area contributed by atoms with Gasteiger partial charge in [0, 0.05) is 37.2 Å². The number of ether oxygens (including phenoxy) is 1. The fourth-order valence-corrected chi connectivity index (χ4v) is 3.12. The number of hydrogen-bond acceptors (Lipinski definition) is 7. The summed E-state index contributed by atoms with van der Waals surface area (Å²) in [6.45, 7) is 0.251. The Morgan fingerprint density at radius 1 is 1.10 bits per heavy atom. The van der Waals surface area contributed by atoms with Gasteiger partial charge in [-0.15, -0.1) is 0 Å². The van der Waals surface area contributed by atoms with Crippen LogP contribution in [0.5, 0.6) is 11.9 Å². The molecule has 0 aliphatic heterocycles. The highest BCUT2D eigenvalue weighted by atomic mass is 16.5. The molecule has 2 aromatic heterocycles. The quantitative estimate of drug-likeness (QED) is 0.497. The molecule has 2 heterocycles. The highest BCUT2D eigenvalue weighted by Crippen LogP contribution is 2.26. The van der Waals surface area contributed by atoms with Gasteiger partial charge in [0.1, 0.15) is 6.61 Å². The number of nitrogens with one attached hydrogen (secondary N) is 1. The summed E-state index contributed by atoms with van der Waals surface area (Å²) in [5.41, 5.74) is 3.90. The van der Waals surface area contributed by atoms with Crippen LogP contribution in [0.15, 0.2) is 67.0 Å². The number of aromatic hydroxyl groups is 1. The Labute approximate surface area is 179 Å². The maximum absolute atomic E-state index is 11.9. The molecular formula is C23H21N5O3. The van der Waals surface area contributed by atoms with E-state index in [1.54, 1.807) is 31.6 Å². The molecule has 8 nitrogen and oxygen atoms in total. The lowest BCUT2D eigenvalue weighted by atomic mass is 10.1. The van der Waals surface area contributed by atoms with Gasteiger partial charge in [-0.05, 0) is 42.0 Å². The largest absolute Gasteiger partial charge is 0.493 e. The average molecular weight is 415 g/mol. The van der Waals surface area contributed by atoms with E-state index in [0.717, 1.165) is 16.9 Å². The molecule has 2 N–H and O–H groups in total. The van der Waals surface area contributed by atoms with E-state index in [1.165, 1.54) is 0 Å². The van der Waals surface area contributed by atoms with Crippen molar-refractivity contribution in [3.63, 3.8) is 0 Å². The minimum absolute atomic E-state index is 0.0882. The van der Waals surface area contributed by atoms with Gasteiger partial charge < -0.3 is 20.1 Å². The Morgan fingerprint density at radius 3 is 2.68 bits per heavy atom. The molecule has 0 spiro atoms. The number of anilines is 2. The van der Waals surface area contributed by atoms with E-state index in [1.807, 2.05) is 54.4 Å². The maximum atomic E-state index is 11.9. The third-order valence-corrected chi connectivity index (χ3v) is 4.87. The van der Waals surface area contributed by atoms with Gasteiger partial charge >= 0.3 is 6.01 Å². The summed E-state index contributed by atoms with van der Waals surface area (Å²) in [7, 11) is 3.55. The van der Waals surface area contributed by atoms with Gasteiger partial charge in [-0.25, -0.2) is 0 Å². The molecule has 31 heavy (non-hydrogen) atoms. The van der Waals surface area contributed by atoms with Gasteiger partial charge in [-0.2, -0.15) is 9.97 Å². The lowest BCUT2D eigenvalue weighted by molar-refractivity contribution is 0.0963. The van der Waals surface area contributed by atoms with E-state index in [4.69, 9.17) is 4.74 Å². The number of amides is 1. The van der Waals surface area contributed by atoms with E-state index in [0.29, 0.717) is 16.5 Å². The molecule has 4 aromatic rings. The lowest BCUT2D eigenvalue weighted by Crippen LogP contribution is -2.18. The first-order chi connectivity index (χ1) is 15.0. The van der Waals surface area contributed by atoms with Crippen LogP contribution in [-0.2, 0) is 6.61 Å². The summed E-state index contributed by atoms with van der Waals surface area (Å²) in [5, 5.41) is 13.2. The van der Waals surface area contributed by atoms with Crippen LogP contribution in [0.2, 0.25) is 0 Å². The standard InChI is InChI=1S/C23H21N5O3/c1-24-21(29)16-4-3-5-18(12-16)28(2)17-8-6-15(7-9-17)14-31-23-26-20-13-25-11-10-19(20)22(30)27-23/h3-13H,14H2,1-2H3,(H,24,29)(H,26,27,30). The fraction of sp³-hybridized carbons (Fsp3) is 0.130. The zero-order valence-electron chi connectivity index (χ0n) is 17.1. The molecule has 8 heteroatoms. The first kappa shape index (κ1) is 20.1. The number of nitrogens with zero attached hydrogens (tertiary/aromatic N) is 4. The summed E-state index contributed by atoms with van der Waals surface area (Å²) in [6.07, 6.45) is 3.12. The number of fused-ring (bicyclic) bond motifs is 1. The van der Waals surface area contributed by atoms with E-state index in [-0.39, 0.29) is 24.4 Å². The van der Waals surface area contributed by atoms with Crippen molar-refractivity contribution in [2.45, 2.75) is 6.61 Å². The van der Waals surface area contributed by atoms with Crippen LogP contribution in [0.4, 0.5) is 11.4 Å². The molecule has 0 atom stereocenters. The zero-order valence-corrected chi connectivity index (χ0v) is 17.1. The fourth-order valence-electron chi connectivity index (χ4n) is 3.12. The van der Waals surface area contributed by atoms with Gasteiger partial charge in [0.15, 0.2) is 0 Å². The molecule has 0 unspecified atom stereocenters. The second-order valence-corrected chi connectivity index (χ2v) is 6.87. The van der Waals surface area contributed by atoms with Crippen molar-refractivity contribution >= 4 is 28.2 Å². The zero-order chi connectivity index (χ0) is 21.8. The van der Waals surface area contributed by atoms with Gasteiger partial charge in [0.25, 0.3) is 5.91 Å². The number of hydrogen-bond donors (Lipinski definition) is 2. The minimum atomic E-state index is -0.140. The van der Waals surface area contributed by atoms with Crippen LogP contribution < -0.4 is 15.0 Å². The molecular weight excluding hydrogens is 394 g/mol. The van der Waals surface area contributed by atoms with Crippen molar-refractivity contribution in [1.82, 2.24) is 20.3 Å². The molecule has 0 fully saturated rings.